The molecule has 19 heavy (non-hydrogen) atoms. The first-order valence-corrected chi connectivity index (χ1v) is 7.05. The van der Waals surface area contributed by atoms with E-state index in [4.69, 9.17) is 5.73 Å². The summed E-state index contributed by atoms with van der Waals surface area (Å²) in [6.07, 6.45) is 0. The van der Waals surface area contributed by atoms with Gasteiger partial charge in [0.05, 0.1) is 0 Å². The predicted octanol–water partition coefficient (Wildman–Crippen LogP) is 4.73. The van der Waals surface area contributed by atoms with E-state index in [1.54, 1.807) is 0 Å². The van der Waals surface area contributed by atoms with E-state index < -0.39 is 0 Å². The molecule has 0 saturated carbocycles. The molecule has 0 unspecified atom stereocenters. The maximum Gasteiger partial charge on any atom is 0.0184 e. The van der Waals surface area contributed by atoms with Crippen LogP contribution < -0.4 is 5.73 Å². The molecular weight excluding hydrogens is 298 g/mol. The Kier molecular flexibility index (Phi) is 3.36. The summed E-state index contributed by atoms with van der Waals surface area (Å²) in [5, 5.41) is 2.47. The van der Waals surface area contributed by atoms with Gasteiger partial charge >= 0.3 is 0 Å². The van der Waals surface area contributed by atoms with Gasteiger partial charge in [0, 0.05) is 11.0 Å². The third-order valence-electron chi connectivity index (χ3n) is 3.35. The molecule has 0 saturated heterocycles. The van der Waals surface area contributed by atoms with Gasteiger partial charge in [0.25, 0.3) is 0 Å². The highest BCUT2D eigenvalue weighted by Gasteiger charge is 2.09. The third kappa shape index (κ3) is 2.29. The van der Waals surface area contributed by atoms with E-state index in [1.165, 1.54) is 27.5 Å². The molecule has 94 valence electrons. The summed E-state index contributed by atoms with van der Waals surface area (Å²) in [5.41, 5.74) is 9.54. The van der Waals surface area contributed by atoms with E-state index in [2.05, 4.69) is 70.5 Å². The molecule has 0 atom stereocenters. The molecular formula is C17H14BrN. The van der Waals surface area contributed by atoms with Crippen molar-refractivity contribution in [2.75, 3.05) is 0 Å². The van der Waals surface area contributed by atoms with Gasteiger partial charge in [-0.15, -0.1) is 0 Å². The van der Waals surface area contributed by atoms with E-state index >= 15 is 0 Å². The lowest BCUT2D eigenvalue weighted by Crippen LogP contribution is -1.99. The Morgan fingerprint density at radius 2 is 1.63 bits per heavy atom. The van der Waals surface area contributed by atoms with Crippen LogP contribution in [0.2, 0.25) is 0 Å². The fraction of sp³-hybridized carbons (Fsp3) is 0.0588. The normalized spacial score (nSPS) is 10.8. The minimum Gasteiger partial charge on any atom is -0.326 e. The van der Waals surface area contributed by atoms with Gasteiger partial charge in [0.15, 0.2) is 0 Å². The van der Waals surface area contributed by atoms with E-state index in [0.717, 1.165) is 4.47 Å². The molecule has 2 N–H and O–H groups in total. The van der Waals surface area contributed by atoms with Crippen molar-refractivity contribution in [1.29, 1.82) is 0 Å². The number of benzene rings is 3. The highest BCUT2D eigenvalue weighted by Crippen LogP contribution is 2.33. The van der Waals surface area contributed by atoms with E-state index in [-0.39, 0.29) is 0 Å². The first-order valence-electron chi connectivity index (χ1n) is 6.26. The number of nitrogens with two attached hydrogens (primary N) is 1. The van der Waals surface area contributed by atoms with Crippen LogP contribution in [0.25, 0.3) is 21.9 Å². The number of hydrogen-bond donors (Lipinski definition) is 1. The molecule has 0 spiro atoms. The molecule has 0 amide bonds. The average molecular weight is 312 g/mol. The van der Waals surface area contributed by atoms with Crippen LogP contribution in [0, 0.1) is 0 Å². The number of fused-ring (bicyclic) bond motifs is 1. The fourth-order valence-corrected chi connectivity index (χ4v) is 2.81. The molecule has 0 bridgehead atoms. The van der Waals surface area contributed by atoms with Crippen LogP contribution in [-0.2, 0) is 6.54 Å². The Morgan fingerprint density at radius 1 is 0.895 bits per heavy atom. The van der Waals surface area contributed by atoms with Gasteiger partial charge < -0.3 is 5.73 Å². The molecule has 3 aromatic rings. The Balaban J connectivity index is 2.39. The predicted molar refractivity (Wildman–Crippen MR) is 85.0 cm³/mol. The Hall–Kier alpha value is -1.64. The van der Waals surface area contributed by atoms with Gasteiger partial charge in [-0.1, -0.05) is 64.5 Å². The van der Waals surface area contributed by atoms with E-state index in [9.17, 15) is 0 Å². The Bertz CT molecular complexity index is 720. The zero-order chi connectivity index (χ0) is 13.2. The first kappa shape index (κ1) is 12.4. The van der Waals surface area contributed by atoms with Gasteiger partial charge in [-0.3, -0.25) is 0 Å². The van der Waals surface area contributed by atoms with Crippen molar-refractivity contribution in [1.82, 2.24) is 0 Å². The molecule has 3 aromatic carbocycles. The maximum absolute atomic E-state index is 5.91. The molecule has 0 aliphatic heterocycles. The second-order valence-corrected chi connectivity index (χ2v) is 5.45. The molecule has 0 aromatic heterocycles. The molecule has 0 radical (unpaired) electrons. The Labute approximate surface area is 121 Å². The lowest BCUT2D eigenvalue weighted by molar-refractivity contribution is 1.08. The standard InChI is InChI=1S/C17H14BrN/c18-15-9-8-12-6-7-14(11-19)17(16(12)10-15)13-4-2-1-3-5-13/h1-10H,11,19H2. The fourth-order valence-electron chi connectivity index (χ4n) is 2.45. The summed E-state index contributed by atoms with van der Waals surface area (Å²) < 4.78 is 1.09. The monoisotopic (exact) mass is 311 g/mol. The van der Waals surface area contributed by atoms with Crippen molar-refractivity contribution in [2.45, 2.75) is 6.54 Å². The summed E-state index contributed by atoms with van der Waals surface area (Å²) in [7, 11) is 0. The third-order valence-corrected chi connectivity index (χ3v) is 3.85. The molecule has 2 heteroatoms. The SMILES string of the molecule is NCc1ccc2ccc(Br)cc2c1-c1ccccc1. The summed E-state index contributed by atoms with van der Waals surface area (Å²) in [4.78, 5) is 0. The largest absolute Gasteiger partial charge is 0.326 e. The van der Waals surface area contributed by atoms with E-state index in [1.807, 2.05) is 6.07 Å². The van der Waals surface area contributed by atoms with Crippen LogP contribution in [0.1, 0.15) is 5.56 Å². The Morgan fingerprint density at radius 3 is 2.37 bits per heavy atom. The van der Waals surface area contributed by atoms with Crippen LogP contribution in [-0.4, -0.2) is 0 Å². The van der Waals surface area contributed by atoms with Crippen LogP contribution >= 0.6 is 15.9 Å². The maximum atomic E-state index is 5.91. The smallest absolute Gasteiger partial charge is 0.0184 e. The second kappa shape index (κ2) is 5.16. The lowest BCUT2D eigenvalue weighted by Gasteiger charge is -2.12. The van der Waals surface area contributed by atoms with Gasteiger partial charge in [-0.2, -0.15) is 0 Å². The van der Waals surface area contributed by atoms with Crippen molar-refractivity contribution in [2.24, 2.45) is 5.73 Å². The summed E-state index contributed by atoms with van der Waals surface area (Å²) in [6, 6.07) is 21.0. The van der Waals surface area contributed by atoms with Gasteiger partial charge in [-0.25, -0.2) is 0 Å². The minimum atomic E-state index is 0.548. The summed E-state index contributed by atoms with van der Waals surface area (Å²) >= 11 is 3.55. The van der Waals surface area contributed by atoms with Gasteiger partial charge in [0.2, 0.25) is 0 Å². The number of hydrogen-bond acceptors (Lipinski definition) is 1. The first-order chi connectivity index (χ1) is 9.29. The molecule has 0 fully saturated rings. The second-order valence-electron chi connectivity index (χ2n) is 4.54. The highest BCUT2D eigenvalue weighted by atomic mass is 79.9. The van der Waals surface area contributed by atoms with Crippen LogP contribution in [0.15, 0.2) is 65.1 Å². The average Bonchev–Trinajstić information content (AvgIpc) is 2.46. The van der Waals surface area contributed by atoms with Crippen LogP contribution in [0.3, 0.4) is 0 Å². The molecule has 0 heterocycles. The number of rotatable bonds is 2. The molecule has 1 nitrogen and oxygen atoms in total. The van der Waals surface area contributed by atoms with Crippen LogP contribution in [0.4, 0.5) is 0 Å². The molecule has 0 aliphatic rings. The minimum absolute atomic E-state index is 0.548. The quantitative estimate of drug-likeness (QED) is 0.727. The zero-order valence-corrected chi connectivity index (χ0v) is 12.0. The van der Waals surface area contributed by atoms with Crippen molar-refractivity contribution in [3.05, 3.63) is 70.7 Å². The van der Waals surface area contributed by atoms with Crippen LogP contribution in [0.5, 0.6) is 0 Å². The molecule has 3 rings (SSSR count). The summed E-state index contributed by atoms with van der Waals surface area (Å²) in [6.45, 7) is 0.548. The van der Waals surface area contributed by atoms with Gasteiger partial charge in [-0.05, 0) is 39.6 Å². The zero-order valence-electron chi connectivity index (χ0n) is 10.4. The highest BCUT2D eigenvalue weighted by molar-refractivity contribution is 9.10. The van der Waals surface area contributed by atoms with Crippen molar-refractivity contribution in [3.8, 4) is 11.1 Å². The lowest BCUT2D eigenvalue weighted by atomic mass is 9.93. The van der Waals surface area contributed by atoms with E-state index in [0.29, 0.717) is 6.54 Å². The molecule has 0 aliphatic carbocycles. The topological polar surface area (TPSA) is 26.0 Å². The van der Waals surface area contributed by atoms with Gasteiger partial charge in [0.1, 0.15) is 0 Å². The summed E-state index contributed by atoms with van der Waals surface area (Å²) in [5.74, 6) is 0. The number of halogens is 1. The van der Waals surface area contributed by atoms with Crippen molar-refractivity contribution >= 4 is 26.7 Å². The van der Waals surface area contributed by atoms with Crippen molar-refractivity contribution < 1.29 is 0 Å². The van der Waals surface area contributed by atoms with Crippen molar-refractivity contribution in [3.63, 3.8) is 0 Å².